The van der Waals surface area contributed by atoms with Gasteiger partial charge in [0, 0.05) is 10.4 Å². The summed E-state index contributed by atoms with van der Waals surface area (Å²) in [4.78, 5) is 0. The predicted molar refractivity (Wildman–Crippen MR) is 54.2 cm³/mol. The summed E-state index contributed by atoms with van der Waals surface area (Å²) in [5.74, 6) is 0. The van der Waals surface area contributed by atoms with Crippen molar-refractivity contribution in [3.63, 3.8) is 0 Å². The first-order valence-electron chi connectivity index (χ1n) is 3.24. The lowest BCUT2D eigenvalue weighted by molar-refractivity contribution is 1.41. The molecule has 58 valence electrons. The Balaban J connectivity index is 3.16. The van der Waals surface area contributed by atoms with Gasteiger partial charge in [-0.3, -0.25) is 0 Å². The van der Waals surface area contributed by atoms with E-state index in [9.17, 15) is 0 Å². The van der Waals surface area contributed by atoms with Crippen LogP contribution in [-0.2, 0) is 5.33 Å². The molecule has 1 rings (SSSR count). The molecule has 0 aromatic heterocycles. The number of benzene rings is 1. The highest BCUT2D eigenvalue weighted by Crippen LogP contribution is 2.19. The lowest BCUT2D eigenvalue weighted by atomic mass is 10.1. The van der Waals surface area contributed by atoms with Crippen LogP contribution in [-0.4, -0.2) is 0 Å². The highest BCUT2D eigenvalue weighted by molar-refractivity contribution is 9.08. The minimum Gasteiger partial charge on any atom is -0.0985 e. The molecule has 2 heteroatoms. The van der Waals surface area contributed by atoms with Gasteiger partial charge < -0.3 is 0 Å². The first-order valence-corrected chi connectivity index (χ1v) is 4.74. The van der Waals surface area contributed by atoms with Crippen LogP contribution in [0.5, 0.6) is 0 Å². The zero-order valence-electron chi connectivity index (χ0n) is 5.98. The van der Waals surface area contributed by atoms with E-state index in [1.807, 2.05) is 24.3 Å². The molecule has 0 saturated carbocycles. The number of hydrogen-bond donors (Lipinski definition) is 0. The normalized spacial score (nSPS) is 9.64. The van der Waals surface area contributed by atoms with Gasteiger partial charge in [-0.15, -0.1) is 0 Å². The Bertz CT molecular complexity index is 268. The molecule has 11 heavy (non-hydrogen) atoms. The van der Waals surface area contributed by atoms with Crippen LogP contribution in [0.4, 0.5) is 0 Å². The molecule has 0 aliphatic carbocycles. The third-order valence-corrected chi connectivity index (χ3v) is 2.31. The zero-order valence-corrected chi connectivity index (χ0v) is 8.32. The maximum absolute atomic E-state index is 5.80. The van der Waals surface area contributed by atoms with Crippen LogP contribution in [0.25, 0.3) is 6.08 Å². The number of rotatable bonds is 2. The topological polar surface area (TPSA) is 0 Å². The Morgan fingerprint density at radius 2 is 2.27 bits per heavy atom. The molecule has 0 N–H and O–H groups in total. The van der Waals surface area contributed by atoms with Crippen molar-refractivity contribution in [3.05, 3.63) is 40.9 Å². The Morgan fingerprint density at radius 3 is 2.82 bits per heavy atom. The third kappa shape index (κ3) is 2.08. The highest BCUT2D eigenvalue weighted by Gasteiger charge is 1.97. The van der Waals surface area contributed by atoms with E-state index in [2.05, 4.69) is 22.5 Å². The SMILES string of the molecule is C=Cc1ccc(Cl)cc1CBr. The number of alkyl halides is 1. The predicted octanol–water partition coefficient (Wildman–Crippen LogP) is 3.88. The van der Waals surface area contributed by atoms with E-state index < -0.39 is 0 Å². The molecule has 0 nitrogen and oxygen atoms in total. The Hall–Kier alpha value is -0.270. The van der Waals surface area contributed by atoms with Crippen LogP contribution in [0.2, 0.25) is 5.02 Å². The summed E-state index contributed by atoms with van der Waals surface area (Å²) in [6.45, 7) is 3.71. The Kier molecular flexibility index (Phi) is 3.16. The van der Waals surface area contributed by atoms with Crippen LogP contribution in [0.1, 0.15) is 11.1 Å². The van der Waals surface area contributed by atoms with Gasteiger partial charge in [-0.05, 0) is 23.3 Å². The molecule has 0 radical (unpaired) electrons. The molecule has 0 amide bonds. The van der Waals surface area contributed by atoms with Crippen molar-refractivity contribution < 1.29 is 0 Å². The molecule has 0 bridgehead atoms. The summed E-state index contributed by atoms with van der Waals surface area (Å²) >= 11 is 9.17. The van der Waals surface area contributed by atoms with Crippen molar-refractivity contribution in [1.82, 2.24) is 0 Å². The maximum Gasteiger partial charge on any atom is 0.0409 e. The molecular weight excluding hydrogens is 223 g/mol. The summed E-state index contributed by atoms with van der Waals surface area (Å²) in [5.41, 5.74) is 2.30. The summed E-state index contributed by atoms with van der Waals surface area (Å²) in [7, 11) is 0. The highest BCUT2D eigenvalue weighted by atomic mass is 79.9. The molecule has 0 atom stereocenters. The van der Waals surface area contributed by atoms with Crippen molar-refractivity contribution in [2.45, 2.75) is 5.33 Å². The quantitative estimate of drug-likeness (QED) is 0.678. The summed E-state index contributed by atoms with van der Waals surface area (Å²) in [5, 5.41) is 1.58. The first kappa shape index (κ1) is 8.82. The average Bonchev–Trinajstić information content (AvgIpc) is 2.04. The minimum atomic E-state index is 0.769. The Morgan fingerprint density at radius 1 is 1.55 bits per heavy atom. The first-order chi connectivity index (χ1) is 5.27. The van der Waals surface area contributed by atoms with E-state index in [1.54, 1.807) is 0 Å². The van der Waals surface area contributed by atoms with Gasteiger partial charge in [-0.2, -0.15) is 0 Å². The van der Waals surface area contributed by atoms with E-state index in [4.69, 9.17) is 11.6 Å². The van der Waals surface area contributed by atoms with Gasteiger partial charge in [0.25, 0.3) is 0 Å². The van der Waals surface area contributed by atoms with E-state index in [-0.39, 0.29) is 0 Å². The summed E-state index contributed by atoms with van der Waals surface area (Å²) in [6.07, 6.45) is 1.83. The van der Waals surface area contributed by atoms with Gasteiger partial charge >= 0.3 is 0 Å². The van der Waals surface area contributed by atoms with Gasteiger partial charge in [0.1, 0.15) is 0 Å². The summed E-state index contributed by atoms with van der Waals surface area (Å²) < 4.78 is 0. The van der Waals surface area contributed by atoms with Gasteiger partial charge in [-0.1, -0.05) is 46.3 Å². The van der Waals surface area contributed by atoms with Gasteiger partial charge in [0.05, 0.1) is 0 Å². The lowest BCUT2D eigenvalue weighted by Gasteiger charge is -2.01. The van der Waals surface area contributed by atoms with Crippen LogP contribution in [0, 0.1) is 0 Å². The zero-order chi connectivity index (χ0) is 8.27. The lowest BCUT2D eigenvalue weighted by Crippen LogP contribution is -1.82. The van der Waals surface area contributed by atoms with E-state index in [0.717, 1.165) is 15.9 Å². The van der Waals surface area contributed by atoms with E-state index in [1.165, 1.54) is 5.56 Å². The van der Waals surface area contributed by atoms with Crippen molar-refractivity contribution in [2.75, 3.05) is 0 Å². The maximum atomic E-state index is 5.80. The molecule has 1 aromatic rings. The van der Waals surface area contributed by atoms with Crippen LogP contribution in [0.15, 0.2) is 24.8 Å². The molecule has 1 aromatic carbocycles. The Labute approximate surface area is 80.0 Å². The van der Waals surface area contributed by atoms with Gasteiger partial charge in [0.15, 0.2) is 0 Å². The van der Waals surface area contributed by atoms with Crippen molar-refractivity contribution in [3.8, 4) is 0 Å². The largest absolute Gasteiger partial charge is 0.0985 e. The number of hydrogen-bond acceptors (Lipinski definition) is 0. The summed E-state index contributed by atoms with van der Waals surface area (Å²) in [6, 6.07) is 5.77. The molecular formula is C9H8BrCl. The second-order valence-corrected chi connectivity index (χ2v) is 3.18. The van der Waals surface area contributed by atoms with Crippen molar-refractivity contribution >= 4 is 33.6 Å². The molecule has 0 spiro atoms. The second kappa shape index (κ2) is 3.93. The second-order valence-electron chi connectivity index (χ2n) is 2.18. The smallest absolute Gasteiger partial charge is 0.0409 e. The molecule has 0 heterocycles. The van der Waals surface area contributed by atoms with Crippen molar-refractivity contribution in [1.29, 1.82) is 0 Å². The molecule has 0 aliphatic rings. The number of halogens is 2. The molecule has 0 unspecified atom stereocenters. The molecule has 0 aliphatic heterocycles. The van der Waals surface area contributed by atoms with Crippen LogP contribution < -0.4 is 0 Å². The minimum absolute atomic E-state index is 0.769. The fraction of sp³-hybridized carbons (Fsp3) is 0.111. The van der Waals surface area contributed by atoms with Crippen LogP contribution >= 0.6 is 27.5 Å². The monoisotopic (exact) mass is 230 g/mol. The van der Waals surface area contributed by atoms with Crippen LogP contribution in [0.3, 0.4) is 0 Å². The third-order valence-electron chi connectivity index (χ3n) is 1.47. The van der Waals surface area contributed by atoms with Gasteiger partial charge in [0.2, 0.25) is 0 Å². The molecule has 0 fully saturated rings. The molecule has 0 saturated heterocycles. The van der Waals surface area contributed by atoms with E-state index >= 15 is 0 Å². The van der Waals surface area contributed by atoms with Crippen molar-refractivity contribution in [2.24, 2.45) is 0 Å². The fourth-order valence-corrected chi connectivity index (χ4v) is 1.57. The standard InChI is InChI=1S/C9H8BrCl/c1-2-7-3-4-9(11)5-8(7)6-10/h2-5H,1,6H2. The van der Waals surface area contributed by atoms with Gasteiger partial charge in [-0.25, -0.2) is 0 Å². The fourth-order valence-electron chi connectivity index (χ4n) is 0.889. The van der Waals surface area contributed by atoms with E-state index in [0.29, 0.717) is 0 Å². The average molecular weight is 232 g/mol.